The number of carbonyl (C=O) groups excluding carboxylic acids is 1. The molecule has 1 N–H and O–H groups in total. The van der Waals surface area contributed by atoms with Crippen molar-refractivity contribution in [2.45, 2.75) is 19.0 Å². The Hall–Kier alpha value is -2.71. The van der Waals surface area contributed by atoms with E-state index in [9.17, 15) is 18.0 Å². The van der Waals surface area contributed by atoms with Gasteiger partial charge in [0.15, 0.2) is 5.82 Å². The van der Waals surface area contributed by atoms with E-state index in [0.717, 1.165) is 25.2 Å². The molecular formula is C16H16F3N5O. The van der Waals surface area contributed by atoms with Crippen LogP contribution in [0.4, 0.5) is 19.0 Å². The van der Waals surface area contributed by atoms with E-state index in [-0.39, 0.29) is 17.3 Å². The number of alkyl halides is 3. The predicted octanol–water partition coefficient (Wildman–Crippen LogP) is 2.59. The summed E-state index contributed by atoms with van der Waals surface area (Å²) in [6.45, 7) is 1.82. The molecule has 0 saturated carbocycles. The van der Waals surface area contributed by atoms with E-state index in [1.807, 2.05) is 0 Å². The lowest BCUT2D eigenvalue weighted by molar-refractivity contribution is -0.137. The second-order valence-corrected chi connectivity index (χ2v) is 5.64. The second kappa shape index (κ2) is 7.04. The van der Waals surface area contributed by atoms with Crippen LogP contribution in [0.3, 0.4) is 0 Å². The van der Waals surface area contributed by atoms with Gasteiger partial charge in [-0.15, -0.1) is 0 Å². The zero-order valence-electron chi connectivity index (χ0n) is 13.3. The van der Waals surface area contributed by atoms with Crippen LogP contribution in [0.15, 0.2) is 30.7 Å². The zero-order chi connectivity index (χ0) is 17.9. The molecule has 0 unspecified atom stereocenters. The van der Waals surface area contributed by atoms with Gasteiger partial charge in [0, 0.05) is 50.2 Å². The molecule has 1 amide bonds. The highest BCUT2D eigenvalue weighted by atomic mass is 19.4. The lowest BCUT2D eigenvalue weighted by atomic mass is 10.2. The third-order valence-electron chi connectivity index (χ3n) is 3.84. The smallest absolute Gasteiger partial charge is 0.368 e. The lowest BCUT2D eigenvalue weighted by Gasteiger charge is -2.16. The molecule has 1 fully saturated rings. The van der Waals surface area contributed by atoms with Gasteiger partial charge < -0.3 is 10.2 Å². The molecular weight excluding hydrogens is 335 g/mol. The van der Waals surface area contributed by atoms with Gasteiger partial charge >= 0.3 is 6.18 Å². The van der Waals surface area contributed by atoms with Crippen molar-refractivity contribution in [2.75, 3.05) is 25.0 Å². The van der Waals surface area contributed by atoms with Gasteiger partial charge in [-0.25, -0.2) is 9.97 Å². The maximum atomic E-state index is 12.8. The largest absolute Gasteiger partial charge is 0.417 e. The van der Waals surface area contributed by atoms with Gasteiger partial charge in [-0.05, 0) is 18.6 Å². The summed E-state index contributed by atoms with van der Waals surface area (Å²) in [6, 6.07) is 2.59. The maximum absolute atomic E-state index is 12.8. The van der Waals surface area contributed by atoms with Crippen molar-refractivity contribution in [3.63, 3.8) is 0 Å². The summed E-state index contributed by atoms with van der Waals surface area (Å²) < 4.78 is 38.4. The number of pyridine rings is 1. The third-order valence-corrected chi connectivity index (χ3v) is 3.84. The number of halogens is 3. The number of hydrogen-bond acceptors (Lipinski definition) is 5. The van der Waals surface area contributed by atoms with Crippen LogP contribution >= 0.6 is 0 Å². The SMILES string of the molecule is O=C1CCCN1CCNc1ccnc(-c2cncc(C(F)(F)F)c2)n1. The minimum absolute atomic E-state index is 0.139. The number of nitrogens with one attached hydrogen (secondary N) is 1. The van der Waals surface area contributed by atoms with Gasteiger partial charge in [0.2, 0.25) is 5.91 Å². The summed E-state index contributed by atoms with van der Waals surface area (Å²) in [4.78, 5) is 25.2. The van der Waals surface area contributed by atoms with Crippen molar-refractivity contribution < 1.29 is 18.0 Å². The first-order chi connectivity index (χ1) is 11.9. The summed E-state index contributed by atoms with van der Waals surface area (Å²) in [5.41, 5.74) is -0.660. The molecule has 25 heavy (non-hydrogen) atoms. The highest BCUT2D eigenvalue weighted by Gasteiger charge is 2.31. The lowest BCUT2D eigenvalue weighted by Crippen LogP contribution is -2.30. The van der Waals surface area contributed by atoms with Gasteiger partial charge in [-0.1, -0.05) is 0 Å². The van der Waals surface area contributed by atoms with Gasteiger partial charge in [0.05, 0.1) is 5.56 Å². The Kier molecular flexibility index (Phi) is 4.82. The van der Waals surface area contributed by atoms with E-state index in [2.05, 4.69) is 20.3 Å². The average Bonchev–Trinajstić information content (AvgIpc) is 3.00. The molecule has 0 radical (unpaired) electrons. The van der Waals surface area contributed by atoms with Crippen LogP contribution in [0.2, 0.25) is 0 Å². The van der Waals surface area contributed by atoms with Gasteiger partial charge in [-0.3, -0.25) is 9.78 Å². The number of amides is 1. The Bertz CT molecular complexity index is 765. The Balaban J connectivity index is 1.68. The minimum atomic E-state index is -4.47. The first-order valence-electron chi connectivity index (χ1n) is 7.81. The molecule has 0 spiro atoms. The topological polar surface area (TPSA) is 71.0 Å². The van der Waals surface area contributed by atoms with Gasteiger partial charge in [0.25, 0.3) is 0 Å². The van der Waals surface area contributed by atoms with E-state index in [1.165, 1.54) is 12.4 Å². The third kappa shape index (κ3) is 4.23. The number of anilines is 1. The van der Waals surface area contributed by atoms with Crippen LogP contribution < -0.4 is 5.32 Å². The number of carbonyl (C=O) groups is 1. The molecule has 1 saturated heterocycles. The maximum Gasteiger partial charge on any atom is 0.417 e. The van der Waals surface area contributed by atoms with Crippen molar-refractivity contribution in [3.8, 4) is 11.4 Å². The summed E-state index contributed by atoms with van der Waals surface area (Å²) in [6.07, 6.45) is 0.502. The van der Waals surface area contributed by atoms with Crippen molar-refractivity contribution >= 4 is 11.7 Å². The number of rotatable bonds is 5. The average molecular weight is 351 g/mol. The summed E-state index contributed by atoms with van der Waals surface area (Å²) >= 11 is 0. The molecule has 0 aromatic carbocycles. The Morgan fingerprint density at radius 1 is 1.28 bits per heavy atom. The van der Waals surface area contributed by atoms with Crippen molar-refractivity contribution in [1.82, 2.24) is 19.9 Å². The van der Waals surface area contributed by atoms with E-state index in [4.69, 9.17) is 0 Å². The molecule has 1 aliphatic heterocycles. The summed E-state index contributed by atoms with van der Waals surface area (Å²) in [5, 5.41) is 3.06. The molecule has 2 aromatic heterocycles. The molecule has 2 aromatic rings. The number of nitrogens with zero attached hydrogens (tertiary/aromatic N) is 4. The van der Waals surface area contributed by atoms with E-state index in [1.54, 1.807) is 11.0 Å². The molecule has 3 heterocycles. The van der Waals surface area contributed by atoms with Crippen LogP contribution in [0, 0.1) is 0 Å². The molecule has 1 aliphatic rings. The van der Waals surface area contributed by atoms with E-state index < -0.39 is 11.7 Å². The fourth-order valence-electron chi connectivity index (χ4n) is 2.57. The van der Waals surface area contributed by atoms with E-state index in [0.29, 0.717) is 25.3 Å². The quantitative estimate of drug-likeness (QED) is 0.897. The molecule has 6 nitrogen and oxygen atoms in total. The van der Waals surface area contributed by atoms with Gasteiger partial charge in [-0.2, -0.15) is 13.2 Å². The first kappa shape index (κ1) is 17.1. The molecule has 0 bridgehead atoms. The molecule has 3 rings (SSSR count). The molecule has 0 atom stereocenters. The zero-order valence-corrected chi connectivity index (χ0v) is 13.3. The number of aromatic nitrogens is 3. The predicted molar refractivity (Wildman–Crippen MR) is 84.6 cm³/mol. The fraction of sp³-hybridized carbons (Fsp3) is 0.375. The standard InChI is InChI=1S/C16H16F3N5O/c17-16(18,19)12-8-11(9-20-10-12)15-22-4-3-13(23-15)21-5-7-24-6-1-2-14(24)25/h3-4,8-10H,1-2,5-7H2,(H,21,22,23). The second-order valence-electron chi connectivity index (χ2n) is 5.64. The van der Waals surface area contributed by atoms with Gasteiger partial charge in [0.1, 0.15) is 5.82 Å². The van der Waals surface area contributed by atoms with Crippen LogP contribution in [-0.2, 0) is 11.0 Å². The Morgan fingerprint density at radius 2 is 2.12 bits per heavy atom. The fourth-order valence-corrected chi connectivity index (χ4v) is 2.57. The minimum Gasteiger partial charge on any atom is -0.368 e. The van der Waals surface area contributed by atoms with Crippen molar-refractivity contribution in [2.24, 2.45) is 0 Å². The molecule has 0 aliphatic carbocycles. The number of hydrogen-bond donors (Lipinski definition) is 1. The van der Waals surface area contributed by atoms with Crippen molar-refractivity contribution in [3.05, 3.63) is 36.3 Å². The highest BCUT2D eigenvalue weighted by Crippen LogP contribution is 2.30. The summed E-state index contributed by atoms with van der Waals surface area (Å²) in [5.74, 6) is 0.773. The first-order valence-corrected chi connectivity index (χ1v) is 7.81. The van der Waals surface area contributed by atoms with E-state index >= 15 is 0 Å². The van der Waals surface area contributed by atoms with Crippen LogP contribution in [-0.4, -0.2) is 45.4 Å². The van der Waals surface area contributed by atoms with Crippen LogP contribution in [0.25, 0.3) is 11.4 Å². The van der Waals surface area contributed by atoms with Crippen LogP contribution in [0.1, 0.15) is 18.4 Å². The molecule has 9 heteroatoms. The monoisotopic (exact) mass is 351 g/mol. The normalized spacial score (nSPS) is 14.8. The Morgan fingerprint density at radius 3 is 2.84 bits per heavy atom. The molecule has 132 valence electrons. The number of likely N-dealkylation sites (tertiary alicyclic amines) is 1. The highest BCUT2D eigenvalue weighted by molar-refractivity contribution is 5.78. The Labute approximate surface area is 142 Å². The summed E-state index contributed by atoms with van der Waals surface area (Å²) in [7, 11) is 0. The van der Waals surface area contributed by atoms with Crippen molar-refractivity contribution in [1.29, 1.82) is 0 Å². The van der Waals surface area contributed by atoms with Crippen LogP contribution in [0.5, 0.6) is 0 Å².